The Hall–Kier alpha value is -1.39. The number of Topliss-reactive ketones (excluding diaryl/α,β-unsaturated/α-hetero) is 1. The van der Waals surface area contributed by atoms with Crippen molar-refractivity contribution in [2.45, 2.75) is 98.0 Å². The van der Waals surface area contributed by atoms with Crippen molar-refractivity contribution in [3.63, 3.8) is 0 Å². The number of ketones is 1. The van der Waals surface area contributed by atoms with Crippen molar-refractivity contribution in [3.8, 4) is 0 Å². The number of methoxy groups -OCH3 is 1. The summed E-state index contributed by atoms with van der Waals surface area (Å²) in [6.45, 7) is 8.63. The van der Waals surface area contributed by atoms with Gasteiger partial charge < -0.3 is 9.47 Å². The monoisotopic (exact) mass is 446 g/mol. The van der Waals surface area contributed by atoms with Gasteiger partial charge in [-0.05, 0) is 91.8 Å². The van der Waals surface area contributed by atoms with Crippen LogP contribution in [0.3, 0.4) is 0 Å². The number of ether oxygens (including phenoxy) is 2. The van der Waals surface area contributed by atoms with Crippen LogP contribution in [0.1, 0.15) is 91.9 Å². The molecular formula is C27H42O5. The lowest BCUT2D eigenvalue weighted by molar-refractivity contribution is -0.169. The van der Waals surface area contributed by atoms with Crippen molar-refractivity contribution < 1.29 is 23.9 Å². The van der Waals surface area contributed by atoms with Crippen LogP contribution in [-0.2, 0) is 23.9 Å². The number of carbonyl (C=O) groups excluding carboxylic acids is 3. The molecule has 4 aliphatic carbocycles. The van der Waals surface area contributed by atoms with Crippen LogP contribution >= 0.6 is 0 Å². The molecule has 0 N–H and O–H groups in total. The summed E-state index contributed by atoms with van der Waals surface area (Å²) in [4.78, 5) is 36.6. The van der Waals surface area contributed by atoms with E-state index in [9.17, 15) is 14.4 Å². The second-order valence-corrected chi connectivity index (χ2v) is 11.9. The Morgan fingerprint density at radius 1 is 1.06 bits per heavy atom. The maximum Gasteiger partial charge on any atom is 0.305 e. The summed E-state index contributed by atoms with van der Waals surface area (Å²) in [6, 6.07) is 0. The molecule has 0 bridgehead atoms. The molecule has 32 heavy (non-hydrogen) atoms. The van der Waals surface area contributed by atoms with Gasteiger partial charge >= 0.3 is 11.9 Å². The summed E-state index contributed by atoms with van der Waals surface area (Å²) in [5.41, 5.74) is 0.321. The van der Waals surface area contributed by atoms with Gasteiger partial charge in [0.15, 0.2) is 0 Å². The first kappa shape index (κ1) is 23.8. The average Bonchev–Trinajstić information content (AvgIpc) is 3.10. The molecule has 9 atom stereocenters. The zero-order valence-electron chi connectivity index (χ0n) is 20.7. The van der Waals surface area contributed by atoms with E-state index in [1.54, 1.807) is 0 Å². The van der Waals surface area contributed by atoms with E-state index in [1.165, 1.54) is 39.7 Å². The number of esters is 2. The number of carbonyl (C=O) groups is 3. The first-order chi connectivity index (χ1) is 15.1. The molecule has 0 spiro atoms. The van der Waals surface area contributed by atoms with Gasteiger partial charge in [0, 0.05) is 25.7 Å². The lowest BCUT2D eigenvalue weighted by Gasteiger charge is -2.60. The highest BCUT2D eigenvalue weighted by Gasteiger charge is 2.62. The minimum atomic E-state index is -0.230. The third-order valence-corrected chi connectivity index (χ3v) is 10.5. The highest BCUT2D eigenvalue weighted by Crippen LogP contribution is 2.67. The summed E-state index contributed by atoms with van der Waals surface area (Å²) < 4.78 is 10.4. The smallest absolute Gasteiger partial charge is 0.305 e. The van der Waals surface area contributed by atoms with Crippen LogP contribution in [0.5, 0.6) is 0 Å². The highest BCUT2D eigenvalue weighted by atomic mass is 16.5. The fourth-order valence-corrected chi connectivity index (χ4v) is 8.97. The Labute approximate surface area is 193 Å². The lowest BCUT2D eigenvalue weighted by Crippen LogP contribution is -2.57. The van der Waals surface area contributed by atoms with Crippen LogP contribution in [-0.4, -0.2) is 30.9 Å². The summed E-state index contributed by atoms with van der Waals surface area (Å²) in [7, 11) is 1.47. The molecule has 0 radical (unpaired) electrons. The van der Waals surface area contributed by atoms with Crippen molar-refractivity contribution in [2.75, 3.05) is 7.11 Å². The zero-order valence-corrected chi connectivity index (χ0v) is 20.7. The summed E-state index contributed by atoms with van der Waals surface area (Å²) in [5, 5.41) is 0. The molecule has 4 fully saturated rings. The fourth-order valence-electron chi connectivity index (χ4n) is 8.97. The minimum Gasteiger partial charge on any atom is -0.469 e. The summed E-state index contributed by atoms with van der Waals surface area (Å²) >= 11 is 0. The van der Waals surface area contributed by atoms with Gasteiger partial charge in [-0.2, -0.15) is 0 Å². The molecule has 0 aromatic rings. The predicted molar refractivity (Wildman–Crippen MR) is 122 cm³/mol. The van der Waals surface area contributed by atoms with Crippen molar-refractivity contribution in [1.82, 2.24) is 0 Å². The molecule has 0 heterocycles. The third-order valence-electron chi connectivity index (χ3n) is 10.5. The van der Waals surface area contributed by atoms with Gasteiger partial charge in [-0.3, -0.25) is 14.4 Å². The fraction of sp³-hybridized carbons (Fsp3) is 0.889. The predicted octanol–water partition coefficient (Wildman–Crippen LogP) is 5.35. The first-order valence-corrected chi connectivity index (χ1v) is 12.9. The third kappa shape index (κ3) is 3.92. The Bertz CT molecular complexity index is 761. The molecule has 4 aliphatic rings. The molecule has 180 valence electrons. The molecule has 2 unspecified atom stereocenters. The number of hydrogen-bond acceptors (Lipinski definition) is 5. The Kier molecular flexibility index (Phi) is 6.50. The summed E-state index contributed by atoms with van der Waals surface area (Å²) in [6.07, 6.45) is 9.48. The van der Waals surface area contributed by atoms with Crippen molar-refractivity contribution in [2.24, 2.45) is 46.3 Å². The van der Waals surface area contributed by atoms with E-state index in [0.29, 0.717) is 54.6 Å². The number of fused-ring (bicyclic) bond motifs is 5. The van der Waals surface area contributed by atoms with Crippen molar-refractivity contribution in [1.29, 1.82) is 0 Å². The van der Waals surface area contributed by atoms with Crippen LogP contribution in [0, 0.1) is 46.3 Å². The SMILES string of the molecule is COC(=O)CCC(C)C1CC[C@H]2[C@@H]3CC(=O)[C@H]4C[C@H](OC(C)=O)CC[C@]4(C)[C@H]3CC[C@]12C. The van der Waals surface area contributed by atoms with E-state index in [1.807, 2.05) is 0 Å². The Morgan fingerprint density at radius 3 is 2.44 bits per heavy atom. The largest absolute Gasteiger partial charge is 0.469 e. The first-order valence-electron chi connectivity index (χ1n) is 12.9. The van der Waals surface area contributed by atoms with Crippen LogP contribution in [0.4, 0.5) is 0 Å². The highest BCUT2D eigenvalue weighted by molar-refractivity contribution is 5.83. The van der Waals surface area contributed by atoms with Crippen molar-refractivity contribution >= 4 is 17.7 Å². The number of rotatable bonds is 5. The average molecular weight is 447 g/mol. The van der Waals surface area contributed by atoms with E-state index < -0.39 is 0 Å². The standard InChI is InChI=1S/C27H42O5/c1-16(6-9-25(30)31-5)20-7-8-21-19-15-24(29)23-14-18(32-17(2)28)10-12-27(23,4)22(19)11-13-26(20,21)3/h16,18-23H,6-15H2,1-5H3/t16?,18-,19+,20?,21+,22+,23-,26-,27-/m1/s1. The van der Waals surface area contributed by atoms with Gasteiger partial charge in [0.1, 0.15) is 11.9 Å². The molecule has 0 aromatic heterocycles. The van der Waals surface area contributed by atoms with E-state index in [2.05, 4.69) is 20.8 Å². The normalized spacial score (nSPS) is 44.1. The number of hydrogen-bond donors (Lipinski definition) is 0. The molecule has 4 saturated carbocycles. The maximum absolute atomic E-state index is 13.4. The Balaban J connectivity index is 1.50. The van der Waals surface area contributed by atoms with E-state index in [4.69, 9.17) is 9.47 Å². The van der Waals surface area contributed by atoms with E-state index in [-0.39, 0.29) is 34.8 Å². The van der Waals surface area contributed by atoms with Crippen LogP contribution in [0.15, 0.2) is 0 Å². The quantitative estimate of drug-likeness (QED) is 0.533. The lowest BCUT2D eigenvalue weighted by atomic mass is 9.44. The van der Waals surface area contributed by atoms with Gasteiger partial charge in [-0.1, -0.05) is 20.8 Å². The maximum atomic E-state index is 13.4. The molecule has 0 amide bonds. The van der Waals surface area contributed by atoms with E-state index >= 15 is 0 Å². The molecule has 5 nitrogen and oxygen atoms in total. The second-order valence-electron chi connectivity index (χ2n) is 11.9. The van der Waals surface area contributed by atoms with E-state index in [0.717, 1.165) is 19.3 Å². The van der Waals surface area contributed by atoms with Gasteiger partial charge in [-0.15, -0.1) is 0 Å². The van der Waals surface area contributed by atoms with Gasteiger partial charge in [0.05, 0.1) is 7.11 Å². The van der Waals surface area contributed by atoms with Crippen LogP contribution in [0.25, 0.3) is 0 Å². The molecule has 5 heteroatoms. The molecular weight excluding hydrogens is 404 g/mol. The van der Waals surface area contributed by atoms with Gasteiger partial charge in [-0.25, -0.2) is 0 Å². The van der Waals surface area contributed by atoms with Gasteiger partial charge in [0.25, 0.3) is 0 Å². The Morgan fingerprint density at radius 2 is 1.75 bits per heavy atom. The van der Waals surface area contributed by atoms with Crippen molar-refractivity contribution in [3.05, 3.63) is 0 Å². The minimum absolute atomic E-state index is 0.0439. The molecule has 0 saturated heterocycles. The molecule has 0 aliphatic heterocycles. The van der Waals surface area contributed by atoms with Gasteiger partial charge in [0.2, 0.25) is 0 Å². The molecule has 4 rings (SSSR count). The zero-order chi connectivity index (χ0) is 23.3. The topological polar surface area (TPSA) is 69.7 Å². The summed E-state index contributed by atoms with van der Waals surface area (Å²) in [5.74, 6) is 2.95. The molecule has 0 aromatic carbocycles. The van der Waals surface area contributed by atoms with Crippen LogP contribution in [0.2, 0.25) is 0 Å². The van der Waals surface area contributed by atoms with Crippen LogP contribution < -0.4 is 0 Å². The second kappa shape index (κ2) is 8.76.